The van der Waals surface area contributed by atoms with Crippen LogP contribution >= 0.6 is 24.8 Å². The first-order chi connectivity index (χ1) is 20.4. The number of benzene rings is 1. The molecule has 6 heterocycles. The number of aliphatic carboxylic acids is 1. The minimum absolute atomic E-state index is 0. The average molecular weight is 632 g/mol. The van der Waals surface area contributed by atoms with E-state index in [2.05, 4.69) is 23.4 Å². The summed E-state index contributed by atoms with van der Waals surface area (Å²) < 4.78 is 17.3. The van der Waals surface area contributed by atoms with Gasteiger partial charge in [-0.05, 0) is 67.1 Å². The Morgan fingerprint density at radius 2 is 1.93 bits per heavy atom. The monoisotopic (exact) mass is 631 g/mol. The SMILES string of the molecule is C.C[C@@H]1c2ccsc2CCN1C(=O)c1cc(-c2cccnc2)c2nc(-c3ccc(N4CC[C@H](C(=O)O)C4)cc3F)cn2c1.S. The molecule has 4 aromatic heterocycles. The van der Waals surface area contributed by atoms with Crippen molar-refractivity contribution < 1.29 is 19.1 Å². The molecule has 0 saturated carbocycles. The van der Waals surface area contributed by atoms with E-state index in [1.165, 1.54) is 16.5 Å². The Morgan fingerprint density at radius 3 is 2.66 bits per heavy atom. The smallest absolute Gasteiger partial charge is 0.308 e. The molecule has 44 heavy (non-hydrogen) atoms. The molecule has 2 aliphatic rings. The summed E-state index contributed by atoms with van der Waals surface area (Å²) in [6, 6.07) is 12.6. The van der Waals surface area contributed by atoms with Crippen LogP contribution in [0, 0.1) is 11.7 Å². The molecule has 8 nitrogen and oxygen atoms in total. The lowest BCUT2D eigenvalue weighted by molar-refractivity contribution is -0.140. The summed E-state index contributed by atoms with van der Waals surface area (Å²) in [5, 5.41) is 11.4. The number of halogens is 1. The van der Waals surface area contributed by atoms with Gasteiger partial charge in [0.2, 0.25) is 0 Å². The number of carbonyl (C=O) groups excluding carboxylic acids is 1. The van der Waals surface area contributed by atoms with Gasteiger partial charge in [0.25, 0.3) is 5.91 Å². The van der Waals surface area contributed by atoms with Gasteiger partial charge in [-0.3, -0.25) is 14.6 Å². The molecule has 0 bridgehead atoms. The fraction of sp³-hybridized carbons (Fsp3) is 0.273. The van der Waals surface area contributed by atoms with E-state index in [9.17, 15) is 14.7 Å². The number of thiophene rings is 1. The molecule has 0 spiro atoms. The lowest BCUT2D eigenvalue weighted by Crippen LogP contribution is -2.38. The average Bonchev–Trinajstić information content (AvgIpc) is 3.77. The van der Waals surface area contributed by atoms with E-state index in [1.54, 1.807) is 52.7 Å². The lowest BCUT2D eigenvalue weighted by Gasteiger charge is -2.33. The summed E-state index contributed by atoms with van der Waals surface area (Å²) in [6.45, 7) is 3.63. The fourth-order valence-electron chi connectivity index (χ4n) is 6.14. The van der Waals surface area contributed by atoms with E-state index in [0.29, 0.717) is 54.2 Å². The molecule has 1 saturated heterocycles. The number of fused-ring (bicyclic) bond motifs is 2. The fourth-order valence-corrected chi connectivity index (χ4v) is 7.10. The highest BCUT2D eigenvalue weighted by Gasteiger charge is 2.31. The summed E-state index contributed by atoms with van der Waals surface area (Å²) in [4.78, 5) is 39.5. The zero-order chi connectivity index (χ0) is 29.0. The Labute approximate surface area is 266 Å². The maximum absolute atomic E-state index is 15.5. The number of imidazole rings is 1. The van der Waals surface area contributed by atoms with E-state index >= 15 is 4.39 Å². The molecule has 1 amide bonds. The highest BCUT2D eigenvalue weighted by atomic mass is 32.1. The summed E-state index contributed by atoms with van der Waals surface area (Å²) in [7, 11) is 0. The number of aromatic nitrogens is 3. The number of hydrogen-bond donors (Lipinski definition) is 1. The Balaban J connectivity index is 0.00000192. The van der Waals surface area contributed by atoms with Crippen LogP contribution in [0.5, 0.6) is 0 Å². The van der Waals surface area contributed by atoms with Crippen molar-refractivity contribution in [2.45, 2.75) is 33.2 Å². The Morgan fingerprint density at radius 1 is 1.09 bits per heavy atom. The van der Waals surface area contributed by atoms with E-state index in [1.807, 2.05) is 28.0 Å². The number of carbonyl (C=O) groups is 2. The van der Waals surface area contributed by atoms with Crippen molar-refractivity contribution >= 4 is 48.0 Å². The van der Waals surface area contributed by atoms with Crippen molar-refractivity contribution in [3.63, 3.8) is 0 Å². The maximum Gasteiger partial charge on any atom is 0.308 e. The van der Waals surface area contributed by atoms with E-state index in [0.717, 1.165) is 17.5 Å². The summed E-state index contributed by atoms with van der Waals surface area (Å²) in [5.74, 6) is -1.79. The number of hydrogen-bond acceptors (Lipinski definition) is 6. The van der Waals surface area contributed by atoms with Crippen molar-refractivity contribution in [3.05, 3.63) is 94.5 Å². The Bertz CT molecular complexity index is 1840. The molecular formula is C33H34FN5O3S2. The number of carboxylic acid groups (broad SMARTS) is 1. The van der Waals surface area contributed by atoms with Crippen LogP contribution in [0.15, 0.2) is 72.6 Å². The second kappa shape index (κ2) is 12.4. The molecule has 228 valence electrons. The molecule has 2 aliphatic heterocycles. The van der Waals surface area contributed by atoms with Gasteiger partial charge in [-0.25, -0.2) is 9.37 Å². The van der Waals surface area contributed by atoms with E-state index < -0.39 is 17.7 Å². The molecule has 7 rings (SSSR count). The number of amides is 1. The molecule has 1 fully saturated rings. The first-order valence-corrected chi connectivity index (χ1v) is 14.8. The quantitative estimate of drug-likeness (QED) is 0.233. The van der Waals surface area contributed by atoms with Crippen LogP contribution in [-0.2, 0) is 11.2 Å². The highest BCUT2D eigenvalue weighted by molar-refractivity contribution is 7.59. The second-order valence-corrected chi connectivity index (χ2v) is 11.9. The largest absolute Gasteiger partial charge is 0.481 e. The normalized spacial score (nSPS) is 17.6. The zero-order valence-electron chi connectivity index (χ0n) is 23.4. The predicted molar refractivity (Wildman–Crippen MR) is 176 cm³/mol. The van der Waals surface area contributed by atoms with Gasteiger partial charge in [0.15, 0.2) is 0 Å². The molecule has 0 radical (unpaired) electrons. The minimum atomic E-state index is -0.826. The van der Waals surface area contributed by atoms with Crippen molar-refractivity contribution in [2.24, 2.45) is 5.92 Å². The van der Waals surface area contributed by atoms with Gasteiger partial charge in [0.1, 0.15) is 11.5 Å². The number of pyridine rings is 2. The van der Waals surface area contributed by atoms with Crippen LogP contribution in [0.3, 0.4) is 0 Å². The third kappa shape index (κ3) is 5.46. The lowest BCUT2D eigenvalue weighted by atomic mass is 10.00. The van der Waals surface area contributed by atoms with Gasteiger partial charge in [-0.1, -0.05) is 13.5 Å². The standard InChI is InChI=1S/C32H28FN5O3S.CH4.H2S/c1-19-24-8-12-42-29(24)7-11-38(19)31(39)22-13-26(20-3-2-9-34-15-20)30-35-28(18-37(30)17-22)25-5-4-23(14-27(25)33)36-10-6-21(16-36)32(40)41;;/h2-5,8-9,12-15,17-19,21H,6-7,10-11,16H2,1H3,(H,40,41);1H4;1H2/t19-,21+;;/m1../s1. The van der Waals surface area contributed by atoms with Crippen LogP contribution in [0.4, 0.5) is 10.1 Å². The van der Waals surface area contributed by atoms with Gasteiger partial charge < -0.3 is 19.3 Å². The van der Waals surface area contributed by atoms with Crippen molar-refractivity contribution in [1.29, 1.82) is 0 Å². The molecule has 1 N–H and O–H groups in total. The van der Waals surface area contributed by atoms with Crippen molar-refractivity contribution in [1.82, 2.24) is 19.3 Å². The van der Waals surface area contributed by atoms with Crippen LogP contribution in [0.25, 0.3) is 28.0 Å². The van der Waals surface area contributed by atoms with Gasteiger partial charge in [-0.15, -0.1) is 11.3 Å². The number of nitrogens with zero attached hydrogens (tertiary/aromatic N) is 5. The number of carboxylic acids is 1. The van der Waals surface area contributed by atoms with E-state index in [4.69, 9.17) is 4.98 Å². The molecule has 0 unspecified atom stereocenters. The van der Waals surface area contributed by atoms with Crippen molar-refractivity contribution in [3.8, 4) is 22.4 Å². The molecule has 2 atom stereocenters. The summed E-state index contributed by atoms with van der Waals surface area (Å²) in [5.41, 5.74) is 5.27. The summed E-state index contributed by atoms with van der Waals surface area (Å²) in [6.07, 6.45) is 8.31. The first kappa shape index (κ1) is 31.2. The third-order valence-electron chi connectivity index (χ3n) is 8.44. The number of anilines is 1. The van der Waals surface area contributed by atoms with Gasteiger partial charge in [0, 0.05) is 71.7 Å². The summed E-state index contributed by atoms with van der Waals surface area (Å²) >= 11 is 1.74. The minimum Gasteiger partial charge on any atom is -0.481 e. The Hall–Kier alpha value is -4.22. The molecule has 1 aromatic carbocycles. The highest BCUT2D eigenvalue weighted by Crippen LogP contribution is 2.36. The molecule has 5 aromatic rings. The first-order valence-electron chi connectivity index (χ1n) is 14.0. The molecule has 0 aliphatic carbocycles. The molecule has 11 heteroatoms. The predicted octanol–water partition coefficient (Wildman–Crippen LogP) is 6.68. The maximum atomic E-state index is 15.5. The van der Waals surface area contributed by atoms with Crippen LogP contribution in [0.2, 0.25) is 0 Å². The van der Waals surface area contributed by atoms with Gasteiger partial charge >= 0.3 is 5.97 Å². The van der Waals surface area contributed by atoms with Crippen LogP contribution < -0.4 is 4.90 Å². The number of rotatable bonds is 5. The van der Waals surface area contributed by atoms with Gasteiger partial charge in [0.05, 0.1) is 23.2 Å². The Kier molecular flexibility index (Phi) is 8.80. The van der Waals surface area contributed by atoms with Crippen LogP contribution in [-0.4, -0.2) is 55.9 Å². The third-order valence-corrected chi connectivity index (χ3v) is 9.44. The zero-order valence-corrected chi connectivity index (χ0v) is 25.2. The second-order valence-electron chi connectivity index (χ2n) is 10.9. The van der Waals surface area contributed by atoms with Crippen molar-refractivity contribution in [2.75, 3.05) is 24.5 Å². The molecular weight excluding hydrogens is 598 g/mol. The topological polar surface area (TPSA) is 91.0 Å². The van der Waals surface area contributed by atoms with Gasteiger partial charge in [-0.2, -0.15) is 13.5 Å². The van der Waals surface area contributed by atoms with Crippen LogP contribution in [0.1, 0.15) is 47.6 Å². The van der Waals surface area contributed by atoms with E-state index in [-0.39, 0.29) is 32.9 Å².